The number of piperazine rings is 1. The van der Waals surface area contributed by atoms with E-state index in [2.05, 4.69) is 23.2 Å². The van der Waals surface area contributed by atoms with Crippen molar-refractivity contribution in [2.75, 3.05) is 19.6 Å². The van der Waals surface area contributed by atoms with Gasteiger partial charge in [-0.25, -0.2) is 13.6 Å². The van der Waals surface area contributed by atoms with Crippen LogP contribution in [-0.2, 0) is 16.4 Å². The molecule has 1 heterocycles. The van der Waals surface area contributed by atoms with Crippen LogP contribution in [0.1, 0.15) is 35.3 Å². The molecule has 1 saturated heterocycles. The summed E-state index contributed by atoms with van der Waals surface area (Å²) >= 11 is 0. The monoisotopic (exact) mass is 426 g/mol. The summed E-state index contributed by atoms with van der Waals surface area (Å²) in [5, 5.41) is 18.6. The number of nitrogens with two attached hydrogens (primary N) is 1. The van der Waals surface area contributed by atoms with Crippen molar-refractivity contribution in [3.8, 4) is 11.8 Å². The van der Waals surface area contributed by atoms with Gasteiger partial charge in [-0.2, -0.15) is 5.26 Å². The molecular formula is C22H26N4O3S. The smallest absolute Gasteiger partial charge is 0.241 e. The zero-order valence-corrected chi connectivity index (χ0v) is 17.9. The average molecular weight is 427 g/mol. The van der Waals surface area contributed by atoms with E-state index >= 15 is 0 Å². The van der Waals surface area contributed by atoms with Crippen molar-refractivity contribution in [3.63, 3.8) is 0 Å². The highest BCUT2D eigenvalue weighted by atomic mass is 32.2. The topological polar surface area (TPSA) is 108 Å². The first-order valence-corrected chi connectivity index (χ1v) is 11.6. The van der Waals surface area contributed by atoms with Crippen molar-refractivity contribution in [3.05, 3.63) is 58.7 Å². The van der Waals surface area contributed by atoms with E-state index in [1.54, 1.807) is 18.2 Å². The van der Waals surface area contributed by atoms with Crippen molar-refractivity contribution in [1.29, 1.82) is 5.26 Å². The molecule has 0 amide bonds. The van der Waals surface area contributed by atoms with Gasteiger partial charge in [-0.3, -0.25) is 4.90 Å². The second-order valence-corrected chi connectivity index (χ2v) is 9.67. The number of fused-ring (bicyclic) bond motifs is 1. The molecule has 1 aliphatic carbocycles. The van der Waals surface area contributed by atoms with Gasteiger partial charge in [0, 0.05) is 25.7 Å². The van der Waals surface area contributed by atoms with Crippen LogP contribution < -0.4 is 15.2 Å². The molecule has 1 aliphatic heterocycles. The molecule has 0 unspecified atom stereocenters. The Morgan fingerprint density at radius 1 is 1.30 bits per heavy atom. The van der Waals surface area contributed by atoms with Crippen molar-refractivity contribution < 1.29 is 13.2 Å². The maximum Gasteiger partial charge on any atom is 0.241 e. The summed E-state index contributed by atoms with van der Waals surface area (Å²) in [7, 11) is -3.93. The Kier molecular flexibility index (Phi) is 5.55. The number of rotatable bonds is 4. The fraction of sp³-hybridized carbons (Fsp3) is 0.409. The van der Waals surface area contributed by atoms with Crippen molar-refractivity contribution in [2.45, 2.75) is 43.4 Å². The van der Waals surface area contributed by atoms with Gasteiger partial charge in [0.1, 0.15) is 16.7 Å². The number of hydrogen-bond acceptors (Lipinski definition) is 6. The number of nitrogens with one attached hydrogen (secondary N) is 1. The molecule has 0 saturated carbocycles. The molecule has 3 atom stereocenters. The number of hydrogen-bond donors (Lipinski definition) is 2. The predicted molar refractivity (Wildman–Crippen MR) is 114 cm³/mol. The Morgan fingerprint density at radius 2 is 2.07 bits per heavy atom. The van der Waals surface area contributed by atoms with Gasteiger partial charge in [0.2, 0.25) is 10.0 Å². The second kappa shape index (κ2) is 8.00. The SMILES string of the molecule is Cc1cc(C#N)c2c(c1)[C@H](Oc1ccccc1S(N)(=O)=O)[C@@H](N1CCN[C@H](C)C1)C2. The fourth-order valence-corrected chi connectivity index (χ4v) is 5.26. The highest BCUT2D eigenvalue weighted by Crippen LogP contribution is 2.41. The van der Waals surface area contributed by atoms with Gasteiger partial charge < -0.3 is 10.1 Å². The van der Waals surface area contributed by atoms with Gasteiger partial charge in [0.25, 0.3) is 0 Å². The maximum absolute atomic E-state index is 12.1. The predicted octanol–water partition coefficient (Wildman–Crippen LogP) is 1.85. The summed E-state index contributed by atoms with van der Waals surface area (Å²) in [5.74, 6) is 0.242. The first-order chi connectivity index (χ1) is 14.3. The zero-order valence-electron chi connectivity index (χ0n) is 17.1. The van der Waals surface area contributed by atoms with Crippen LogP contribution in [0.15, 0.2) is 41.3 Å². The minimum absolute atomic E-state index is 0.00647. The van der Waals surface area contributed by atoms with E-state index in [9.17, 15) is 13.7 Å². The minimum atomic E-state index is -3.93. The fourth-order valence-electron chi connectivity index (χ4n) is 4.59. The van der Waals surface area contributed by atoms with Crippen LogP contribution in [0.4, 0.5) is 0 Å². The van der Waals surface area contributed by atoms with Crippen LogP contribution >= 0.6 is 0 Å². The molecule has 4 rings (SSSR count). The number of para-hydroxylation sites is 1. The molecule has 0 bridgehead atoms. The lowest BCUT2D eigenvalue weighted by atomic mass is 10.0. The van der Waals surface area contributed by atoms with Gasteiger partial charge in [0.15, 0.2) is 0 Å². The van der Waals surface area contributed by atoms with E-state index in [0.29, 0.717) is 18.0 Å². The zero-order chi connectivity index (χ0) is 21.5. The minimum Gasteiger partial charge on any atom is -0.483 e. The summed E-state index contributed by atoms with van der Waals surface area (Å²) in [5.41, 5.74) is 3.57. The molecule has 0 radical (unpaired) electrons. The van der Waals surface area contributed by atoms with Gasteiger partial charge in [-0.05, 0) is 55.2 Å². The Balaban J connectivity index is 1.79. The van der Waals surface area contributed by atoms with Crippen LogP contribution in [0.5, 0.6) is 5.75 Å². The molecule has 2 aliphatic rings. The molecule has 1 fully saturated rings. The lowest BCUT2D eigenvalue weighted by molar-refractivity contribution is 0.0579. The number of nitriles is 1. The summed E-state index contributed by atoms with van der Waals surface area (Å²) in [6.07, 6.45) is 0.299. The molecule has 3 N–H and O–H groups in total. The third kappa shape index (κ3) is 3.94. The average Bonchev–Trinajstić information content (AvgIpc) is 3.05. The van der Waals surface area contributed by atoms with Gasteiger partial charge in [-0.1, -0.05) is 18.2 Å². The lowest BCUT2D eigenvalue weighted by Crippen LogP contribution is -2.54. The summed E-state index contributed by atoms with van der Waals surface area (Å²) in [6, 6.07) is 13.1. The number of benzene rings is 2. The summed E-state index contributed by atoms with van der Waals surface area (Å²) in [6.45, 7) is 6.69. The van der Waals surface area contributed by atoms with Crippen LogP contribution in [0.3, 0.4) is 0 Å². The van der Waals surface area contributed by atoms with Crippen molar-refractivity contribution >= 4 is 10.0 Å². The molecule has 2 aromatic rings. The Morgan fingerprint density at radius 3 is 2.77 bits per heavy atom. The van der Waals surface area contributed by atoms with Gasteiger partial charge in [0.05, 0.1) is 17.7 Å². The molecule has 7 nitrogen and oxygen atoms in total. The van der Waals surface area contributed by atoms with Crippen LogP contribution in [0, 0.1) is 18.3 Å². The Bertz CT molecular complexity index is 1110. The summed E-state index contributed by atoms with van der Waals surface area (Å²) < 4.78 is 30.6. The van der Waals surface area contributed by atoms with E-state index in [-0.39, 0.29) is 22.8 Å². The number of ether oxygens (including phenoxy) is 1. The Hall–Kier alpha value is -2.44. The summed E-state index contributed by atoms with van der Waals surface area (Å²) in [4.78, 5) is 2.35. The van der Waals surface area contributed by atoms with Crippen LogP contribution in [0.25, 0.3) is 0 Å². The molecule has 30 heavy (non-hydrogen) atoms. The molecule has 0 spiro atoms. The Labute approximate surface area is 177 Å². The van der Waals surface area contributed by atoms with E-state index in [1.165, 1.54) is 6.07 Å². The normalized spacial score (nSPS) is 24.3. The van der Waals surface area contributed by atoms with E-state index in [0.717, 1.165) is 36.3 Å². The molecule has 8 heteroatoms. The molecule has 158 valence electrons. The highest BCUT2D eigenvalue weighted by molar-refractivity contribution is 7.89. The van der Waals surface area contributed by atoms with E-state index in [4.69, 9.17) is 9.88 Å². The lowest BCUT2D eigenvalue weighted by Gasteiger charge is -2.38. The number of primary sulfonamides is 1. The van der Waals surface area contributed by atoms with E-state index in [1.807, 2.05) is 19.1 Å². The molecule has 0 aromatic heterocycles. The van der Waals surface area contributed by atoms with Crippen LogP contribution in [-0.4, -0.2) is 45.0 Å². The largest absolute Gasteiger partial charge is 0.483 e. The van der Waals surface area contributed by atoms with Crippen molar-refractivity contribution in [1.82, 2.24) is 10.2 Å². The maximum atomic E-state index is 12.1. The molecular weight excluding hydrogens is 400 g/mol. The quantitative estimate of drug-likeness (QED) is 0.772. The first-order valence-electron chi connectivity index (χ1n) is 10.1. The molecule has 2 aromatic carbocycles. The third-order valence-electron chi connectivity index (χ3n) is 5.90. The first kappa shape index (κ1) is 20.8. The van der Waals surface area contributed by atoms with E-state index < -0.39 is 10.0 Å². The highest BCUT2D eigenvalue weighted by Gasteiger charge is 2.41. The standard InChI is InChI=1S/C22H26N4O3S/c1-14-9-16(12-23)17-11-19(26-8-7-25-15(2)13-26)22(18(17)10-14)29-20-5-3-4-6-21(20)30(24,27)28/h3-6,9-10,15,19,22,25H,7-8,11,13H2,1-2H3,(H2,24,27,28)/t15-,19+,22+/m1/s1. The van der Waals surface area contributed by atoms with Crippen molar-refractivity contribution in [2.24, 2.45) is 5.14 Å². The number of sulfonamides is 1. The number of aryl methyl sites for hydroxylation is 1. The second-order valence-electron chi connectivity index (χ2n) is 8.14. The number of nitrogens with zero attached hydrogens (tertiary/aromatic N) is 2. The third-order valence-corrected chi connectivity index (χ3v) is 6.85. The van der Waals surface area contributed by atoms with Gasteiger partial charge in [-0.15, -0.1) is 0 Å². The van der Waals surface area contributed by atoms with Crippen LogP contribution in [0.2, 0.25) is 0 Å². The van der Waals surface area contributed by atoms with Gasteiger partial charge >= 0.3 is 0 Å².